The zero-order valence-electron chi connectivity index (χ0n) is 14.7. The molecule has 2 aromatic rings. The summed E-state index contributed by atoms with van der Waals surface area (Å²) in [5, 5.41) is 2.94. The van der Waals surface area contributed by atoms with Crippen LogP contribution in [0.25, 0.3) is 0 Å². The lowest BCUT2D eigenvalue weighted by Gasteiger charge is -2.17. The predicted octanol–water partition coefficient (Wildman–Crippen LogP) is 3.30. The van der Waals surface area contributed by atoms with Gasteiger partial charge < -0.3 is 15.0 Å². The van der Waals surface area contributed by atoms with E-state index in [1.165, 1.54) is 0 Å². The molecule has 1 atom stereocenters. The molecule has 1 fully saturated rings. The molecule has 0 spiro atoms. The van der Waals surface area contributed by atoms with E-state index in [1.807, 2.05) is 50.2 Å². The number of carbonyl (C=O) groups is 2. The van der Waals surface area contributed by atoms with Crippen LogP contribution in [-0.2, 0) is 9.59 Å². The lowest BCUT2D eigenvalue weighted by molar-refractivity contribution is -0.122. The van der Waals surface area contributed by atoms with Crippen molar-refractivity contribution in [1.29, 1.82) is 0 Å². The van der Waals surface area contributed by atoms with Crippen molar-refractivity contribution in [1.82, 2.24) is 0 Å². The van der Waals surface area contributed by atoms with Crippen molar-refractivity contribution in [2.45, 2.75) is 20.3 Å². The van der Waals surface area contributed by atoms with E-state index in [9.17, 15) is 9.59 Å². The molecule has 0 aliphatic carbocycles. The topological polar surface area (TPSA) is 58.6 Å². The first kappa shape index (κ1) is 17.0. The third kappa shape index (κ3) is 3.82. The zero-order valence-corrected chi connectivity index (χ0v) is 14.7. The standard InChI is InChI=1S/C20H22N2O3/c1-13-7-14(2)9-16(8-13)21-20(24)15-10-19(23)22(12-15)17-5-4-6-18(11-17)25-3/h4-9,11,15H,10,12H2,1-3H3,(H,21,24)/t15-/m1/s1. The van der Waals surface area contributed by atoms with Crippen LogP contribution >= 0.6 is 0 Å². The number of hydrogen-bond acceptors (Lipinski definition) is 3. The van der Waals surface area contributed by atoms with E-state index in [0.29, 0.717) is 12.3 Å². The van der Waals surface area contributed by atoms with Gasteiger partial charge in [-0.25, -0.2) is 0 Å². The number of anilines is 2. The first-order chi connectivity index (χ1) is 12.0. The van der Waals surface area contributed by atoms with E-state index >= 15 is 0 Å². The highest BCUT2D eigenvalue weighted by atomic mass is 16.5. The summed E-state index contributed by atoms with van der Waals surface area (Å²) in [6.07, 6.45) is 0.216. The van der Waals surface area contributed by atoms with Gasteiger partial charge in [0.05, 0.1) is 13.0 Å². The maximum absolute atomic E-state index is 12.6. The molecule has 1 heterocycles. The monoisotopic (exact) mass is 338 g/mol. The number of methoxy groups -OCH3 is 1. The Morgan fingerprint density at radius 3 is 2.56 bits per heavy atom. The van der Waals surface area contributed by atoms with Gasteiger partial charge in [0.25, 0.3) is 0 Å². The molecular weight excluding hydrogens is 316 g/mol. The van der Waals surface area contributed by atoms with Crippen molar-refractivity contribution in [3.63, 3.8) is 0 Å². The number of hydrogen-bond donors (Lipinski definition) is 1. The Morgan fingerprint density at radius 2 is 1.88 bits per heavy atom. The van der Waals surface area contributed by atoms with Crippen LogP contribution in [0.2, 0.25) is 0 Å². The molecule has 1 aliphatic heterocycles. The molecule has 2 amide bonds. The fourth-order valence-corrected chi connectivity index (χ4v) is 3.20. The smallest absolute Gasteiger partial charge is 0.229 e. The molecule has 0 aromatic heterocycles. The number of nitrogens with zero attached hydrogens (tertiary/aromatic N) is 1. The van der Waals surface area contributed by atoms with E-state index in [4.69, 9.17) is 4.74 Å². The van der Waals surface area contributed by atoms with E-state index in [2.05, 4.69) is 11.4 Å². The van der Waals surface area contributed by atoms with Crippen LogP contribution in [0.4, 0.5) is 11.4 Å². The third-order valence-electron chi connectivity index (χ3n) is 4.35. The second-order valence-electron chi connectivity index (χ2n) is 6.47. The van der Waals surface area contributed by atoms with Gasteiger partial charge in [-0.2, -0.15) is 0 Å². The Balaban J connectivity index is 1.72. The van der Waals surface area contributed by atoms with Crippen LogP contribution in [0, 0.1) is 19.8 Å². The van der Waals surface area contributed by atoms with Crippen LogP contribution in [-0.4, -0.2) is 25.5 Å². The fourth-order valence-electron chi connectivity index (χ4n) is 3.20. The van der Waals surface area contributed by atoms with Gasteiger partial charge in [0.2, 0.25) is 11.8 Å². The average Bonchev–Trinajstić information content (AvgIpc) is 2.96. The van der Waals surface area contributed by atoms with Gasteiger partial charge in [0.1, 0.15) is 5.75 Å². The van der Waals surface area contributed by atoms with Crippen LogP contribution in [0.3, 0.4) is 0 Å². The maximum Gasteiger partial charge on any atom is 0.229 e. The molecule has 1 N–H and O–H groups in total. The minimum Gasteiger partial charge on any atom is -0.497 e. The van der Waals surface area contributed by atoms with E-state index < -0.39 is 0 Å². The SMILES string of the molecule is COc1cccc(N2C[C@H](C(=O)Nc3cc(C)cc(C)c3)CC2=O)c1. The van der Waals surface area contributed by atoms with Crippen LogP contribution in [0.5, 0.6) is 5.75 Å². The highest BCUT2D eigenvalue weighted by Crippen LogP contribution is 2.28. The average molecular weight is 338 g/mol. The summed E-state index contributed by atoms with van der Waals surface area (Å²) in [6.45, 7) is 4.36. The zero-order chi connectivity index (χ0) is 18.0. The second kappa shape index (κ2) is 6.97. The number of carbonyl (C=O) groups excluding carboxylic acids is 2. The first-order valence-electron chi connectivity index (χ1n) is 8.30. The first-order valence-corrected chi connectivity index (χ1v) is 8.30. The van der Waals surface area contributed by atoms with Crippen molar-refractivity contribution in [2.24, 2.45) is 5.92 Å². The van der Waals surface area contributed by atoms with Crippen molar-refractivity contribution < 1.29 is 14.3 Å². The Morgan fingerprint density at radius 1 is 1.16 bits per heavy atom. The third-order valence-corrected chi connectivity index (χ3v) is 4.35. The van der Waals surface area contributed by atoms with Gasteiger partial charge >= 0.3 is 0 Å². The molecule has 0 saturated carbocycles. The summed E-state index contributed by atoms with van der Waals surface area (Å²) in [5.41, 5.74) is 3.72. The molecule has 130 valence electrons. The molecule has 25 heavy (non-hydrogen) atoms. The van der Waals surface area contributed by atoms with Gasteiger partial charge in [-0.1, -0.05) is 12.1 Å². The number of rotatable bonds is 4. The quantitative estimate of drug-likeness (QED) is 0.930. The highest BCUT2D eigenvalue weighted by molar-refractivity contribution is 6.03. The van der Waals surface area contributed by atoms with E-state index in [1.54, 1.807) is 12.0 Å². The molecule has 0 bridgehead atoms. The summed E-state index contributed by atoms with van der Waals surface area (Å²) in [4.78, 5) is 26.6. The van der Waals surface area contributed by atoms with Crippen molar-refractivity contribution >= 4 is 23.2 Å². The molecule has 1 aliphatic rings. The molecule has 5 nitrogen and oxygen atoms in total. The molecule has 2 aromatic carbocycles. The molecular formula is C20H22N2O3. The lowest BCUT2D eigenvalue weighted by Crippen LogP contribution is -2.28. The van der Waals surface area contributed by atoms with E-state index in [0.717, 1.165) is 22.5 Å². The van der Waals surface area contributed by atoms with Gasteiger partial charge in [-0.3, -0.25) is 9.59 Å². The summed E-state index contributed by atoms with van der Waals surface area (Å²) in [7, 11) is 1.59. The summed E-state index contributed by atoms with van der Waals surface area (Å²) in [5.74, 6) is 0.158. The minimum atomic E-state index is -0.362. The molecule has 0 radical (unpaired) electrons. The molecule has 3 rings (SSSR count). The number of aryl methyl sites for hydroxylation is 2. The summed E-state index contributed by atoms with van der Waals surface area (Å²) < 4.78 is 5.21. The molecule has 1 saturated heterocycles. The van der Waals surface area contributed by atoms with Gasteiger partial charge in [-0.15, -0.1) is 0 Å². The Bertz CT molecular complexity index is 796. The van der Waals surface area contributed by atoms with E-state index in [-0.39, 0.29) is 24.2 Å². The normalized spacial score (nSPS) is 16.8. The van der Waals surface area contributed by atoms with Crippen LogP contribution in [0.1, 0.15) is 17.5 Å². The summed E-state index contributed by atoms with van der Waals surface area (Å²) in [6, 6.07) is 13.2. The Hall–Kier alpha value is -2.82. The maximum atomic E-state index is 12.6. The molecule has 5 heteroatoms. The largest absolute Gasteiger partial charge is 0.497 e. The number of benzene rings is 2. The van der Waals surface area contributed by atoms with Gasteiger partial charge in [0, 0.05) is 30.4 Å². The number of ether oxygens (including phenoxy) is 1. The molecule has 0 unspecified atom stereocenters. The number of amides is 2. The number of nitrogens with one attached hydrogen (secondary N) is 1. The highest BCUT2D eigenvalue weighted by Gasteiger charge is 2.35. The van der Waals surface area contributed by atoms with Crippen LogP contribution in [0.15, 0.2) is 42.5 Å². The van der Waals surface area contributed by atoms with Crippen LogP contribution < -0.4 is 15.0 Å². The Kier molecular flexibility index (Phi) is 4.74. The fraction of sp³-hybridized carbons (Fsp3) is 0.300. The van der Waals surface area contributed by atoms with Gasteiger partial charge in [-0.05, 0) is 49.2 Å². The minimum absolute atomic E-state index is 0.0474. The Labute approximate surface area is 147 Å². The lowest BCUT2D eigenvalue weighted by atomic mass is 10.1. The summed E-state index contributed by atoms with van der Waals surface area (Å²) >= 11 is 0. The second-order valence-corrected chi connectivity index (χ2v) is 6.47. The van der Waals surface area contributed by atoms with Gasteiger partial charge in [0.15, 0.2) is 0 Å². The van der Waals surface area contributed by atoms with Crippen molar-refractivity contribution in [3.05, 3.63) is 53.6 Å². The predicted molar refractivity (Wildman–Crippen MR) is 98.0 cm³/mol. The van der Waals surface area contributed by atoms with Crippen molar-refractivity contribution in [2.75, 3.05) is 23.9 Å². The van der Waals surface area contributed by atoms with Crippen molar-refractivity contribution in [3.8, 4) is 5.75 Å².